The zero-order valence-corrected chi connectivity index (χ0v) is 21.7. The highest BCUT2D eigenvalue weighted by Gasteiger charge is 2.30. The standard InChI is InChI=1S/C28H22BrF3N2O4/c1-36-26-10-5-18(11-21(26)16-37-24-4-2-3-22(14-24)28(30,31)32)15-33-34-27(35)17-38-25-9-7-19-12-23(29)8-6-20(19)13-25/h2-15H,16-17H2,1H3,(H,34,35)/b33-15-. The van der Waals surface area contributed by atoms with Gasteiger partial charge in [-0.25, -0.2) is 5.43 Å². The van der Waals surface area contributed by atoms with Gasteiger partial charge in [-0.3, -0.25) is 4.79 Å². The Balaban J connectivity index is 1.33. The number of nitrogens with zero attached hydrogens (tertiary/aromatic N) is 1. The predicted octanol–water partition coefficient (Wildman–Crippen LogP) is 6.74. The number of ether oxygens (including phenoxy) is 3. The van der Waals surface area contributed by atoms with Crippen LogP contribution in [-0.4, -0.2) is 25.8 Å². The van der Waals surface area contributed by atoms with Gasteiger partial charge >= 0.3 is 6.18 Å². The SMILES string of the molecule is COc1ccc(/C=N\NC(=O)COc2ccc3cc(Br)ccc3c2)cc1COc1cccc(C(F)(F)F)c1. The minimum atomic E-state index is -4.46. The molecule has 0 atom stereocenters. The molecule has 0 fully saturated rings. The van der Waals surface area contributed by atoms with Crippen LogP contribution in [0, 0.1) is 0 Å². The molecule has 10 heteroatoms. The van der Waals surface area contributed by atoms with Gasteiger partial charge in [0.25, 0.3) is 5.91 Å². The summed E-state index contributed by atoms with van der Waals surface area (Å²) >= 11 is 3.43. The van der Waals surface area contributed by atoms with E-state index in [9.17, 15) is 18.0 Å². The third-order valence-electron chi connectivity index (χ3n) is 5.41. The maximum Gasteiger partial charge on any atom is 0.416 e. The molecule has 0 aromatic heterocycles. The van der Waals surface area contributed by atoms with Crippen molar-refractivity contribution in [1.29, 1.82) is 0 Å². The van der Waals surface area contributed by atoms with Gasteiger partial charge in [0.1, 0.15) is 23.9 Å². The molecule has 4 aromatic rings. The van der Waals surface area contributed by atoms with Crippen LogP contribution in [0.4, 0.5) is 13.2 Å². The van der Waals surface area contributed by atoms with Crippen molar-refractivity contribution in [1.82, 2.24) is 5.43 Å². The van der Waals surface area contributed by atoms with Crippen LogP contribution < -0.4 is 19.6 Å². The molecular formula is C28H22BrF3N2O4. The summed E-state index contributed by atoms with van der Waals surface area (Å²) in [5.41, 5.74) is 2.82. The molecule has 6 nitrogen and oxygen atoms in total. The Morgan fingerprint density at radius 3 is 2.50 bits per heavy atom. The fourth-order valence-corrected chi connectivity index (χ4v) is 3.94. The number of benzene rings is 4. The number of carbonyl (C=O) groups excluding carboxylic acids is 1. The van der Waals surface area contributed by atoms with E-state index in [1.54, 1.807) is 24.3 Å². The van der Waals surface area contributed by atoms with Crippen molar-refractivity contribution in [3.63, 3.8) is 0 Å². The molecular weight excluding hydrogens is 565 g/mol. The van der Waals surface area contributed by atoms with Crippen LogP contribution in [0.1, 0.15) is 16.7 Å². The van der Waals surface area contributed by atoms with E-state index >= 15 is 0 Å². The third kappa shape index (κ3) is 7.25. The molecule has 0 heterocycles. The van der Waals surface area contributed by atoms with Gasteiger partial charge in [0.2, 0.25) is 0 Å². The van der Waals surface area contributed by atoms with Crippen LogP contribution >= 0.6 is 15.9 Å². The van der Waals surface area contributed by atoms with Gasteiger partial charge in [0, 0.05) is 10.0 Å². The minimum Gasteiger partial charge on any atom is -0.496 e. The highest BCUT2D eigenvalue weighted by atomic mass is 79.9. The summed E-state index contributed by atoms with van der Waals surface area (Å²) in [6.07, 6.45) is -3.03. The molecule has 0 radical (unpaired) electrons. The number of hydrogen-bond acceptors (Lipinski definition) is 5. The van der Waals surface area contributed by atoms with Crippen LogP contribution in [0.15, 0.2) is 88.4 Å². The van der Waals surface area contributed by atoms with E-state index in [1.165, 1.54) is 25.5 Å². The summed E-state index contributed by atoms with van der Waals surface area (Å²) in [5, 5.41) is 5.97. The van der Waals surface area contributed by atoms with Gasteiger partial charge in [0.15, 0.2) is 6.61 Å². The molecule has 0 spiro atoms. The van der Waals surface area contributed by atoms with E-state index in [0.717, 1.165) is 27.4 Å². The summed E-state index contributed by atoms with van der Waals surface area (Å²) in [4.78, 5) is 12.2. The summed E-state index contributed by atoms with van der Waals surface area (Å²) in [6, 6.07) is 21.1. The van der Waals surface area contributed by atoms with Gasteiger partial charge in [-0.05, 0) is 77.0 Å². The number of hydrazone groups is 1. The molecule has 38 heavy (non-hydrogen) atoms. The number of methoxy groups -OCH3 is 1. The molecule has 0 aliphatic carbocycles. The van der Waals surface area contributed by atoms with E-state index in [1.807, 2.05) is 30.3 Å². The van der Waals surface area contributed by atoms with Crippen LogP contribution in [-0.2, 0) is 17.6 Å². The van der Waals surface area contributed by atoms with Crippen molar-refractivity contribution in [2.45, 2.75) is 12.8 Å². The normalized spacial score (nSPS) is 11.5. The van der Waals surface area contributed by atoms with Gasteiger partial charge < -0.3 is 14.2 Å². The average Bonchev–Trinajstić information content (AvgIpc) is 2.90. The Morgan fingerprint density at radius 2 is 1.71 bits per heavy atom. The lowest BCUT2D eigenvalue weighted by Gasteiger charge is -2.13. The van der Waals surface area contributed by atoms with Crippen molar-refractivity contribution in [2.75, 3.05) is 13.7 Å². The Morgan fingerprint density at radius 1 is 0.947 bits per heavy atom. The Hall–Kier alpha value is -4.05. The van der Waals surface area contributed by atoms with Crippen LogP contribution in [0.3, 0.4) is 0 Å². The van der Waals surface area contributed by atoms with Crippen molar-refractivity contribution in [2.24, 2.45) is 5.10 Å². The monoisotopic (exact) mass is 586 g/mol. The van der Waals surface area contributed by atoms with Gasteiger partial charge in [-0.2, -0.15) is 18.3 Å². The lowest BCUT2D eigenvalue weighted by atomic mass is 10.1. The third-order valence-corrected chi connectivity index (χ3v) is 5.90. The number of nitrogens with one attached hydrogen (secondary N) is 1. The topological polar surface area (TPSA) is 69.2 Å². The van der Waals surface area contributed by atoms with E-state index in [0.29, 0.717) is 22.6 Å². The van der Waals surface area contributed by atoms with Crippen molar-refractivity contribution >= 4 is 38.8 Å². The van der Waals surface area contributed by atoms with E-state index in [-0.39, 0.29) is 19.0 Å². The van der Waals surface area contributed by atoms with Crippen molar-refractivity contribution in [3.8, 4) is 17.2 Å². The molecule has 0 saturated heterocycles. The summed E-state index contributed by atoms with van der Waals surface area (Å²) in [5.74, 6) is 0.681. The largest absolute Gasteiger partial charge is 0.496 e. The maximum absolute atomic E-state index is 13.0. The molecule has 1 N–H and O–H groups in total. The minimum absolute atomic E-state index is 0.0327. The van der Waals surface area contributed by atoms with Gasteiger partial charge in [0.05, 0.1) is 18.9 Å². The zero-order valence-electron chi connectivity index (χ0n) is 20.1. The van der Waals surface area contributed by atoms with Gasteiger partial charge in [-0.15, -0.1) is 0 Å². The number of carbonyl (C=O) groups is 1. The molecule has 0 saturated carbocycles. The number of rotatable bonds is 9. The Labute approximate surface area is 225 Å². The molecule has 1 amide bonds. The highest BCUT2D eigenvalue weighted by molar-refractivity contribution is 9.10. The zero-order chi connectivity index (χ0) is 27.1. The second kappa shape index (κ2) is 12.0. The summed E-state index contributed by atoms with van der Waals surface area (Å²) in [6.45, 7) is -0.257. The summed E-state index contributed by atoms with van der Waals surface area (Å²) < 4.78 is 56.3. The van der Waals surface area contributed by atoms with Gasteiger partial charge in [-0.1, -0.05) is 34.1 Å². The second-order valence-corrected chi connectivity index (χ2v) is 9.04. The highest BCUT2D eigenvalue weighted by Crippen LogP contribution is 2.32. The maximum atomic E-state index is 13.0. The van der Waals surface area contributed by atoms with E-state index < -0.39 is 17.6 Å². The Bertz CT molecular complexity index is 1470. The quantitative estimate of drug-likeness (QED) is 0.174. The van der Waals surface area contributed by atoms with Crippen LogP contribution in [0.2, 0.25) is 0 Å². The first-order valence-electron chi connectivity index (χ1n) is 11.3. The lowest BCUT2D eigenvalue weighted by Crippen LogP contribution is -2.24. The second-order valence-electron chi connectivity index (χ2n) is 8.12. The van der Waals surface area contributed by atoms with Crippen LogP contribution in [0.5, 0.6) is 17.2 Å². The molecule has 0 unspecified atom stereocenters. The molecule has 196 valence electrons. The molecule has 0 aliphatic rings. The number of amides is 1. The number of halogens is 4. The smallest absolute Gasteiger partial charge is 0.416 e. The molecule has 0 bridgehead atoms. The number of fused-ring (bicyclic) bond motifs is 1. The van der Waals surface area contributed by atoms with E-state index in [4.69, 9.17) is 14.2 Å². The average molecular weight is 587 g/mol. The van der Waals surface area contributed by atoms with Crippen LogP contribution in [0.25, 0.3) is 10.8 Å². The van der Waals surface area contributed by atoms with Crippen molar-refractivity contribution < 1.29 is 32.2 Å². The summed E-state index contributed by atoms with van der Waals surface area (Å²) in [7, 11) is 1.48. The first kappa shape index (κ1) is 27.0. The Kier molecular flexibility index (Phi) is 8.52. The fourth-order valence-electron chi connectivity index (χ4n) is 3.56. The number of hydrogen-bond donors (Lipinski definition) is 1. The fraction of sp³-hybridized carbons (Fsp3) is 0.143. The van der Waals surface area contributed by atoms with E-state index in [2.05, 4.69) is 26.5 Å². The molecule has 4 aromatic carbocycles. The molecule has 4 rings (SSSR count). The number of alkyl halides is 3. The molecule has 0 aliphatic heterocycles. The van der Waals surface area contributed by atoms with Crippen molar-refractivity contribution in [3.05, 3.63) is 100 Å². The first-order valence-corrected chi connectivity index (χ1v) is 12.1. The lowest BCUT2D eigenvalue weighted by molar-refractivity contribution is -0.137. The predicted molar refractivity (Wildman–Crippen MR) is 142 cm³/mol. The first-order chi connectivity index (χ1) is 18.2.